The molecule has 16 heavy (non-hydrogen) atoms. The first-order chi connectivity index (χ1) is 7.72. The van der Waals surface area contributed by atoms with E-state index in [0.717, 1.165) is 31.6 Å². The Morgan fingerprint density at radius 2 is 2.44 bits per heavy atom. The van der Waals surface area contributed by atoms with E-state index in [2.05, 4.69) is 16.5 Å². The molecule has 2 rings (SSSR count). The number of nitrogens with zero attached hydrogens (tertiary/aromatic N) is 3. The second kappa shape index (κ2) is 4.54. The van der Waals surface area contributed by atoms with Crippen molar-refractivity contribution in [2.45, 2.75) is 25.9 Å². The molecule has 0 radical (unpaired) electrons. The van der Waals surface area contributed by atoms with Gasteiger partial charge in [0.25, 0.3) is 0 Å². The van der Waals surface area contributed by atoms with Gasteiger partial charge < -0.3 is 10.1 Å². The van der Waals surface area contributed by atoms with Crippen LogP contribution in [0.4, 0.5) is 0 Å². The zero-order chi connectivity index (χ0) is 11.5. The molecule has 0 saturated carbocycles. The Morgan fingerprint density at radius 3 is 3.06 bits per heavy atom. The van der Waals surface area contributed by atoms with E-state index >= 15 is 0 Å². The third-order valence-electron chi connectivity index (χ3n) is 2.81. The van der Waals surface area contributed by atoms with Gasteiger partial charge in [-0.3, -0.25) is 0 Å². The molecule has 1 aliphatic heterocycles. The summed E-state index contributed by atoms with van der Waals surface area (Å²) in [5, 5.41) is 16.5. The Morgan fingerprint density at radius 1 is 1.62 bits per heavy atom. The third-order valence-corrected chi connectivity index (χ3v) is 2.81. The zero-order valence-corrected chi connectivity index (χ0v) is 9.66. The van der Waals surface area contributed by atoms with Gasteiger partial charge in [-0.1, -0.05) is 0 Å². The van der Waals surface area contributed by atoms with Gasteiger partial charge in [0, 0.05) is 13.6 Å². The lowest BCUT2D eigenvalue weighted by Crippen LogP contribution is -2.37. The van der Waals surface area contributed by atoms with Gasteiger partial charge in [0.1, 0.15) is 17.7 Å². The van der Waals surface area contributed by atoms with Crippen molar-refractivity contribution in [1.82, 2.24) is 15.1 Å². The van der Waals surface area contributed by atoms with Gasteiger partial charge >= 0.3 is 0 Å². The highest BCUT2D eigenvalue weighted by Gasteiger charge is 2.20. The standard InChI is InChI=1S/C11H16N4O/c1-8-10(6-12)11(15(2)14-8)16-9-4-3-5-13-7-9/h9,13H,3-5,7H2,1-2H3. The van der Waals surface area contributed by atoms with Crippen LogP contribution < -0.4 is 10.1 Å². The summed E-state index contributed by atoms with van der Waals surface area (Å²) in [6.07, 6.45) is 2.29. The van der Waals surface area contributed by atoms with Crippen LogP contribution in [0.15, 0.2) is 0 Å². The molecule has 0 aromatic carbocycles. The van der Waals surface area contributed by atoms with E-state index in [4.69, 9.17) is 10.00 Å². The van der Waals surface area contributed by atoms with Crippen LogP contribution >= 0.6 is 0 Å². The molecule has 2 heterocycles. The molecule has 0 amide bonds. The molecule has 0 spiro atoms. The molecule has 1 saturated heterocycles. The van der Waals surface area contributed by atoms with Gasteiger partial charge in [-0.2, -0.15) is 10.4 Å². The SMILES string of the molecule is Cc1nn(C)c(OC2CCCNC2)c1C#N. The van der Waals surface area contributed by atoms with Gasteiger partial charge in [0.2, 0.25) is 5.88 Å². The predicted molar refractivity (Wildman–Crippen MR) is 59.2 cm³/mol. The predicted octanol–water partition coefficient (Wildman–Crippen LogP) is 0.731. The largest absolute Gasteiger partial charge is 0.472 e. The maximum Gasteiger partial charge on any atom is 0.230 e. The van der Waals surface area contributed by atoms with Crippen LogP contribution in [0.2, 0.25) is 0 Å². The lowest BCUT2D eigenvalue weighted by molar-refractivity contribution is 0.153. The molecule has 0 aliphatic carbocycles. The van der Waals surface area contributed by atoms with Crippen LogP contribution in [-0.4, -0.2) is 29.0 Å². The van der Waals surface area contributed by atoms with Crippen molar-refractivity contribution in [2.75, 3.05) is 13.1 Å². The Balaban J connectivity index is 2.17. The number of piperidine rings is 1. The van der Waals surface area contributed by atoms with Gasteiger partial charge in [0.15, 0.2) is 0 Å². The Labute approximate surface area is 95.0 Å². The van der Waals surface area contributed by atoms with E-state index in [1.165, 1.54) is 0 Å². The van der Waals surface area contributed by atoms with Crippen LogP contribution in [0.25, 0.3) is 0 Å². The fourth-order valence-corrected chi connectivity index (χ4v) is 1.98. The van der Waals surface area contributed by atoms with E-state index in [-0.39, 0.29) is 6.10 Å². The lowest BCUT2D eigenvalue weighted by Gasteiger charge is -2.23. The molecule has 1 aliphatic rings. The number of nitrogens with one attached hydrogen (secondary N) is 1. The monoisotopic (exact) mass is 220 g/mol. The second-order valence-electron chi connectivity index (χ2n) is 4.09. The maximum atomic E-state index is 9.04. The van der Waals surface area contributed by atoms with E-state index in [1.807, 2.05) is 6.92 Å². The van der Waals surface area contributed by atoms with Gasteiger partial charge in [0.05, 0.1) is 5.69 Å². The highest BCUT2D eigenvalue weighted by Crippen LogP contribution is 2.22. The van der Waals surface area contributed by atoms with Gasteiger partial charge in [-0.15, -0.1) is 0 Å². The van der Waals surface area contributed by atoms with Crippen molar-refractivity contribution < 1.29 is 4.74 Å². The lowest BCUT2D eigenvalue weighted by atomic mass is 10.1. The molecule has 86 valence electrons. The van der Waals surface area contributed by atoms with E-state index in [9.17, 15) is 0 Å². The number of rotatable bonds is 2. The van der Waals surface area contributed by atoms with Crippen molar-refractivity contribution in [2.24, 2.45) is 7.05 Å². The highest BCUT2D eigenvalue weighted by atomic mass is 16.5. The molecular formula is C11H16N4O. The van der Waals surface area contributed by atoms with Crippen LogP contribution in [0.5, 0.6) is 5.88 Å². The molecule has 1 fully saturated rings. The van der Waals surface area contributed by atoms with E-state index in [0.29, 0.717) is 11.4 Å². The summed E-state index contributed by atoms with van der Waals surface area (Å²) in [7, 11) is 1.80. The van der Waals surface area contributed by atoms with Gasteiger partial charge in [-0.05, 0) is 26.3 Å². The molecule has 1 aromatic heterocycles. The highest BCUT2D eigenvalue weighted by molar-refractivity contribution is 5.42. The minimum Gasteiger partial charge on any atom is -0.472 e. The molecule has 1 unspecified atom stereocenters. The molecular weight excluding hydrogens is 204 g/mol. The Bertz CT molecular complexity index is 412. The first-order valence-corrected chi connectivity index (χ1v) is 5.53. The summed E-state index contributed by atoms with van der Waals surface area (Å²) < 4.78 is 7.49. The van der Waals surface area contributed by atoms with Crippen molar-refractivity contribution in [1.29, 1.82) is 5.26 Å². The zero-order valence-electron chi connectivity index (χ0n) is 9.66. The normalized spacial score (nSPS) is 20.4. The minimum absolute atomic E-state index is 0.149. The van der Waals surface area contributed by atoms with Crippen LogP contribution in [0, 0.1) is 18.3 Å². The molecule has 1 atom stereocenters. The second-order valence-corrected chi connectivity index (χ2v) is 4.09. The number of nitriles is 1. The topological polar surface area (TPSA) is 62.9 Å². The van der Waals surface area contributed by atoms with Crippen molar-refractivity contribution in [3.05, 3.63) is 11.3 Å². The Hall–Kier alpha value is -1.54. The maximum absolute atomic E-state index is 9.04. The smallest absolute Gasteiger partial charge is 0.230 e. The minimum atomic E-state index is 0.149. The molecule has 5 nitrogen and oxygen atoms in total. The summed E-state index contributed by atoms with van der Waals surface area (Å²) in [5.41, 5.74) is 1.27. The number of aryl methyl sites for hydroxylation is 2. The average Bonchev–Trinajstić information content (AvgIpc) is 2.55. The van der Waals surface area contributed by atoms with E-state index in [1.54, 1.807) is 11.7 Å². The Kier molecular flexibility index (Phi) is 3.11. The van der Waals surface area contributed by atoms with Crippen molar-refractivity contribution >= 4 is 0 Å². The summed E-state index contributed by atoms with van der Waals surface area (Å²) in [6.45, 7) is 3.72. The van der Waals surface area contributed by atoms with Crippen molar-refractivity contribution in [3.63, 3.8) is 0 Å². The summed E-state index contributed by atoms with van der Waals surface area (Å²) in [4.78, 5) is 0. The summed E-state index contributed by atoms with van der Waals surface area (Å²) in [5.74, 6) is 0.591. The molecule has 5 heteroatoms. The average molecular weight is 220 g/mol. The van der Waals surface area contributed by atoms with Crippen molar-refractivity contribution in [3.8, 4) is 11.9 Å². The fraction of sp³-hybridized carbons (Fsp3) is 0.636. The third kappa shape index (κ3) is 2.02. The number of ether oxygens (including phenoxy) is 1. The van der Waals surface area contributed by atoms with E-state index < -0.39 is 0 Å². The van der Waals surface area contributed by atoms with Gasteiger partial charge in [-0.25, -0.2) is 4.68 Å². The molecule has 0 bridgehead atoms. The van der Waals surface area contributed by atoms with Crippen LogP contribution in [-0.2, 0) is 7.05 Å². The summed E-state index contributed by atoms with van der Waals surface area (Å²) in [6, 6.07) is 2.15. The van der Waals surface area contributed by atoms with Crippen LogP contribution in [0.1, 0.15) is 24.1 Å². The molecule has 1 aromatic rings. The summed E-state index contributed by atoms with van der Waals surface area (Å²) >= 11 is 0. The quantitative estimate of drug-likeness (QED) is 0.798. The number of hydrogen-bond acceptors (Lipinski definition) is 4. The first-order valence-electron chi connectivity index (χ1n) is 5.53. The number of aromatic nitrogens is 2. The number of hydrogen-bond donors (Lipinski definition) is 1. The van der Waals surface area contributed by atoms with Crippen LogP contribution in [0.3, 0.4) is 0 Å². The fourth-order valence-electron chi connectivity index (χ4n) is 1.98. The molecule has 1 N–H and O–H groups in total. The first kappa shape index (κ1) is 11.0.